The van der Waals surface area contributed by atoms with Crippen LogP contribution < -0.4 is 10.5 Å². The Bertz CT molecular complexity index is 662. The summed E-state index contributed by atoms with van der Waals surface area (Å²) >= 11 is 0. The number of rotatable bonds is 9. The summed E-state index contributed by atoms with van der Waals surface area (Å²) in [5.41, 5.74) is 6.77. The average Bonchev–Trinajstić information content (AvgIpc) is 3.56. The van der Waals surface area contributed by atoms with E-state index >= 15 is 0 Å². The topological polar surface area (TPSA) is 75.9 Å². The molecule has 1 amide bonds. The summed E-state index contributed by atoms with van der Waals surface area (Å²) in [6.07, 6.45) is 3.00. The van der Waals surface area contributed by atoms with Gasteiger partial charge in [0.05, 0.1) is 12.6 Å². The van der Waals surface area contributed by atoms with Crippen LogP contribution in [-0.2, 0) is 4.79 Å². The number of benzene rings is 1. The number of ether oxygens (including phenoxy) is 1. The monoisotopic (exact) mass is 387 g/mol. The molecule has 6 nitrogen and oxygen atoms in total. The molecule has 3 rings (SSSR count). The molecular weight excluding hydrogens is 354 g/mol. The predicted octanol–water partition coefficient (Wildman–Crippen LogP) is 2.18. The van der Waals surface area contributed by atoms with Crippen molar-refractivity contribution in [2.75, 3.05) is 39.3 Å². The minimum absolute atomic E-state index is 0.0709. The van der Waals surface area contributed by atoms with Crippen molar-refractivity contribution >= 4 is 11.7 Å². The Balaban J connectivity index is 1.32. The van der Waals surface area contributed by atoms with Gasteiger partial charge in [-0.25, -0.2) is 0 Å². The molecule has 1 aromatic rings. The highest BCUT2D eigenvalue weighted by Gasteiger charge is 2.30. The largest absolute Gasteiger partial charge is 0.494 e. The number of nitrogens with zero attached hydrogens (tertiary/aromatic N) is 2. The lowest BCUT2D eigenvalue weighted by molar-refractivity contribution is -0.135. The number of hydrogen-bond donors (Lipinski definition) is 1. The number of nitrogens with two attached hydrogens (primary N) is 1. The van der Waals surface area contributed by atoms with Gasteiger partial charge in [-0.05, 0) is 49.4 Å². The van der Waals surface area contributed by atoms with Gasteiger partial charge in [0.2, 0.25) is 5.91 Å². The second kappa shape index (κ2) is 9.52. The van der Waals surface area contributed by atoms with Crippen LogP contribution in [0.1, 0.15) is 43.5 Å². The molecule has 1 aromatic carbocycles. The highest BCUT2D eigenvalue weighted by Crippen LogP contribution is 2.32. The van der Waals surface area contributed by atoms with Crippen LogP contribution in [0.2, 0.25) is 0 Å². The zero-order chi connectivity index (χ0) is 20.1. The minimum Gasteiger partial charge on any atom is -0.494 e. The standard InChI is InChI=1S/C22H33N3O3/c1-16(2)20(23)22(27)25-13-11-24(12-14-25)10-3-15-28-19-8-6-18(7-9-19)21(26)17-4-5-17/h6-9,16-17,20H,3-5,10-15,23H2,1-2H3/t20-/m1/s1. The Morgan fingerprint density at radius 2 is 1.75 bits per heavy atom. The quantitative estimate of drug-likeness (QED) is 0.519. The number of amides is 1. The highest BCUT2D eigenvalue weighted by atomic mass is 16.5. The van der Waals surface area contributed by atoms with Crippen LogP contribution in [0.15, 0.2) is 24.3 Å². The van der Waals surface area contributed by atoms with Gasteiger partial charge in [0.1, 0.15) is 5.75 Å². The first-order chi connectivity index (χ1) is 13.5. The second-order valence-corrected chi connectivity index (χ2v) is 8.30. The molecule has 2 fully saturated rings. The second-order valence-electron chi connectivity index (χ2n) is 8.30. The molecular formula is C22H33N3O3. The van der Waals surface area contributed by atoms with Crippen LogP contribution in [0.25, 0.3) is 0 Å². The third kappa shape index (κ3) is 5.55. The fourth-order valence-corrected chi connectivity index (χ4v) is 3.46. The van der Waals surface area contributed by atoms with Crippen LogP contribution in [0, 0.1) is 11.8 Å². The average molecular weight is 388 g/mol. The van der Waals surface area contributed by atoms with E-state index in [4.69, 9.17) is 10.5 Å². The first kappa shape index (κ1) is 20.8. The smallest absolute Gasteiger partial charge is 0.239 e. The highest BCUT2D eigenvalue weighted by molar-refractivity contribution is 5.99. The van der Waals surface area contributed by atoms with Gasteiger partial charge in [0, 0.05) is 44.2 Å². The molecule has 2 N–H and O–H groups in total. The molecule has 0 bridgehead atoms. The van der Waals surface area contributed by atoms with Gasteiger partial charge >= 0.3 is 0 Å². The van der Waals surface area contributed by atoms with E-state index in [9.17, 15) is 9.59 Å². The van der Waals surface area contributed by atoms with Gasteiger partial charge in [-0.2, -0.15) is 0 Å². The van der Waals surface area contributed by atoms with Crippen LogP contribution in [0.5, 0.6) is 5.75 Å². The van der Waals surface area contributed by atoms with Crippen LogP contribution in [-0.4, -0.2) is 66.9 Å². The fraction of sp³-hybridized carbons (Fsp3) is 0.636. The molecule has 6 heteroatoms. The molecule has 0 radical (unpaired) electrons. The maximum atomic E-state index is 12.3. The van der Waals surface area contributed by atoms with E-state index in [1.807, 2.05) is 43.0 Å². The van der Waals surface area contributed by atoms with Gasteiger partial charge in [-0.3, -0.25) is 14.5 Å². The van der Waals surface area contributed by atoms with E-state index in [1.165, 1.54) is 0 Å². The molecule has 2 aliphatic rings. The van der Waals surface area contributed by atoms with E-state index in [-0.39, 0.29) is 23.5 Å². The number of ketones is 1. The fourth-order valence-electron chi connectivity index (χ4n) is 3.46. The number of carbonyl (C=O) groups excluding carboxylic acids is 2. The van der Waals surface area contributed by atoms with Crippen molar-refractivity contribution in [2.45, 2.75) is 39.2 Å². The van der Waals surface area contributed by atoms with E-state index in [1.54, 1.807) is 0 Å². The molecule has 1 aliphatic heterocycles. The van der Waals surface area contributed by atoms with Crippen molar-refractivity contribution in [1.82, 2.24) is 9.80 Å². The molecule has 1 saturated heterocycles. The molecule has 1 heterocycles. The van der Waals surface area contributed by atoms with Crippen molar-refractivity contribution in [1.29, 1.82) is 0 Å². The maximum Gasteiger partial charge on any atom is 0.239 e. The summed E-state index contributed by atoms with van der Waals surface area (Å²) in [5, 5.41) is 0. The Hall–Kier alpha value is -1.92. The van der Waals surface area contributed by atoms with Gasteiger partial charge in [0.15, 0.2) is 5.78 Å². The zero-order valence-corrected chi connectivity index (χ0v) is 17.1. The van der Waals surface area contributed by atoms with E-state index in [0.717, 1.165) is 63.3 Å². The number of hydrogen-bond acceptors (Lipinski definition) is 5. The molecule has 0 unspecified atom stereocenters. The molecule has 1 atom stereocenters. The Morgan fingerprint density at radius 3 is 2.32 bits per heavy atom. The molecule has 28 heavy (non-hydrogen) atoms. The molecule has 0 spiro atoms. The van der Waals surface area contributed by atoms with Crippen molar-refractivity contribution in [3.8, 4) is 5.75 Å². The predicted molar refractivity (Wildman–Crippen MR) is 109 cm³/mol. The lowest BCUT2D eigenvalue weighted by Gasteiger charge is -2.36. The van der Waals surface area contributed by atoms with Crippen molar-refractivity contribution in [3.05, 3.63) is 29.8 Å². The normalized spacial score (nSPS) is 18.9. The van der Waals surface area contributed by atoms with Crippen molar-refractivity contribution in [2.24, 2.45) is 17.6 Å². The Morgan fingerprint density at radius 1 is 1.11 bits per heavy atom. The van der Waals surface area contributed by atoms with Crippen LogP contribution in [0.3, 0.4) is 0 Å². The summed E-state index contributed by atoms with van der Waals surface area (Å²) in [6.45, 7) is 8.83. The molecule has 0 aromatic heterocycles. The van der Waals surface area contributed by atoms with E-state index in [0.29, 0.717) is 6.61 Å². The minimum atomic E-state index is -0.397. The summed E-state index contributed by atoms with van der Waals surface area (Å²) < 4.78 is 5.81. The Labute approximate surface area is 168 Å². The zero-order valence-electron chi connectivity index (χ0n) is 17.1. The lowest BCUT2D eigenvalue weighted by Crippen LogP contribution is -2.54. The molecule has 1 saturated carbocycles. The number of carbonyl (C=O) groups is 2. The van der Waals surface area contributed by atoms with Gasteiger partial charge in [-0.15, -0.1) is 0 Å². The third-order valence-corrected chi connectivity index (χ3v) is 5.66. The van der Waals surface area contributed by atoms with E-state index in [2.05, 4.69) is 4.90 Å². The third-order valence-electron chi connectivity index (χ3n) is 5.66. The first-order valence-corrected chi connectivity index (χ1v) is 10.5. The summed E-state index contributed by atoms with van der Waals surface area (Å²) in [4.78, 5) is 28.6. The number of piperazine rings is 1. The van der Waals surface area contributed by atoms with E-state index < -0.39 is 6.04 Å². The summed E-state index contributed by atoms with van der Waals surface area (Å²) in [7, 11) is 0. The van der Waals surface area contributed by atoms with Crippen LogP contribution in [0.4, 0.5) is 0 Å². The lowest BCUT2D eigenvalue weighted by atomic mass is 10.0. The SMILES string of the molecule is CC(C)[C@@H](N)C(=O)N1CCN(CCCOc2ccc(C(=O)C3CC3)cc2)CC1. The van der Waals surface area contributed by atoms with Crippen molar-refractivity contribution in [3.63, 3.8) is 0 Å². The summed E-state index contributed by atoms with van der Waals surface area (Å²) in [6, 6.07) is 7.11. The summed E-state index contributed by atoms with van der Waals surface area (Å²) in [5.74, 6) is 1.57. The first-order valence-electron chi connectivity index (χ1n) is 10.5. The van der Waals surface area contributed by atoms with Gasteiger partial charge < -0.3 is 15.4 Å². The van der Waals surface area contributed by atoms with Crippen molar-refractivity contribution < 1.29 is 14.3 Å². The molecule has 154 valence electrons. The van der Waals surface area contributed by atoms with Gasteiger partial charge in [-0.1, -0.05) is 13.8 Å². The number of Topliss-reactive ketones (excluding diaryl/α,β-unsaturated/α-hetero) is 1. The van der Waals surface area contributed by atoms with Crippen LogP contribution >= 0.6 is 0 Å². The molecule has 1 aliphatic carbocycles. The maximum absolute atomic E-state index is 12.3. The Kier molecular flexibility index (Phi) is 7.08. The van der Waals surface area contributed by atoms with Gasteiger partial charge in [0.25, 0.3) is 0 Å².